The zero-order chi connectivity index (χ0) is 6.41. The maximum Gasteiger partial charge on any atom is 0.212 e. The summed E-state index contributed by atoms with van der Waals surface area (Å²) in [5.41, 5.74) is 1.62. The molecule has 4 nitrogen and oxygen atoms in total. The van der Waals surface area contributed by atoms with E-state index in [9.17, 15) is 0 Å². The molecule has 0 aromatic carbocycles. The summed E-state index contributed by atoms with van der Waals surface area (Å²) in [5.74, 6) is -0.120. The van der Waals surface area contributed by atoms with Crippen LogP contribution in [0.3, 0.4) is 0 Å². The van der Waals surface area contributed by atoms with E-state index in [1.165, 1.54) is 0 Å². The minimum atomic E-state index is -0.120. The van der Waals surface area contributed by atoms with Crippen molar-refractivity contribution in [3.8, 4) is 0 Å². The summed E-state index contributed by atoms with van der Waals surface area (Å²) < 4.78 is 0. The maximum absolute atomic E-state index is 7.99. The molecule has 0 radical (unpaired) electrons. The summed E-state index contributed by atoms with van der Waals surface area (Å²) in [6.07, 6.45) is 1.59. The van der Waals surface area contributed by atoms with Gasteiger partial charge in [-0.05, 0) is 0 Å². The Morgan fingerprint density at radius 3 is 2.88 bits per heavy atom. The van der Waals surface area contributed by atoms with Crippen molar-refractivity contribution in [3.05, 3.63) is 12.7 Å². The fourth-order valence-electron chi connectivity index (χ4n) is 0.214. The largest absolute Gasteiger partial charge is 0.351 e. The molecule has 0 aliphatic carbocycles. The molecule has 0 aromatic heterocycles. The number of hydrogen-bond donors (Lipinski definition) is 4. The Morgan fingerprint density at radius 2 is 2.50 bits per heavy atom. The summed E-state index contributed by atoms with van der Waals surface area (Å²) in [6.45, 7) is 3.88. The molecule has 0 amide bonds. The van der Waals surface area contributed by atoms with E-state index >= 15 is 0 Å². The SMILES string of the molecule is C=CCNC(=N)NO. The minimum absolute atomic E-state index is 0.120. The third-order valence-electron chi connectivity index (χ3n) is 0.535. The van der Waals surface area contributed by atoms with Gasteiger partial charge in [-0.3, -0.25) is 10.6 Å². The predicted octanol–water partition coefficient (Wildman–Crippen LogP) is -0.324. The molecule has 0 aromatic rings. The third kappa shape index (κ3) is 3.17. The van der Waals surface area contributed by atoms with Crippen molar-refractivity contribution >= 4 is 5.96 Å². The Bertz CT molecular complexity index is 91.3. The van der Waals surface area contributed by atoms with Crippen molar-refractivity contribution < 1.29 is 5.21 Å². The molecule has 8 heavy (non-hydrogen) atoms. The Labute approximate surface area is 47.7 Å². The first-order chi connectivity index (χ1) is 3.81. The molecule has 0 saturated carbocycles. The minimum Gasteiger partial charge on any atom is -0.351 e. The average molecular weight is 115 g/mol. The van der Waals surface area contributed by atoms with Gasteiger partial charge in [0.25, 0.3) is 0 Å². The van der Waals surface area contributed by atoms with Crippen LogP contribution < -0.4 is 10.8 Å². The highest BCUT2D eigenvalue weighted by Gasteiger charge is 1.83. The molecule has 0 atom stereocenters. The lowest BCUT2D eigenvalue weighted by Crippen LogP contribution is -2.33. The van der Waals surface area contributed by atoms with E-state index in [-0.39, 0.29) is 5.96 Å². The Hall–Kier alpha value is -1.03. The highest BCUT2D eigenvalue weighted by atomic mass is 16.5. The Morgan fingerprint density at radius 1 is 1.88 bits per heavy atom. The van der Waals surface area contributed by atoms with Gasteiger partial charge in [-0.2, -0.15) is 0 Å². The molecule has 0 spiro atoms. The van der Waals surface area contributed by atoms with Crippen molar-refractivity contribution in [2.45, 2.75) is 0 Å². The van der Waals surface area contributed by atoms with Gasteiger partial charge in [0, 0.05) is 6.54 Å². The van der Waals surface area contributed by atoms with Crippen molar-refractivity contribution in [2.75, 3.05) is 6.54 Å². The molecule has 0 aliphatic rings. The molecule has 0 rings (SSSR count). The lowest BCUT2D eigenvalue weighted by molar-refractivity contribution is 0.229. The second kappa shape index (κ2) is 4.14. The van der Waals surface area contributed by atoms with Gasteiger partial charge in [-0.1, -0.05) is 6.08 Å². The number of nitrogens with one attached hydrogen (secondary N) is 3. The van der Waals surface area contributed by atoms with Crippen LogP contribution in [0.5, 0.6) is 0 Å². The van der Waals surface area contributed by atoms with Crippen LogP contribution in [0.1, 0.15) is 0 Å². The van der Waals surface area contributed by atoms with Gasteiger partial charge in [-0.15, -0.1) is 6.58 Å². The highest BCUT2D eigenvalue weighted by Crippen LogP contribution is 1.57. The van der Waals surface area contributed by atoms with Crippen molar-refractivity contribution in [1.29, 1.82) is 5.41 Å². The molecule has 0 heterocycles. The van der Waals surface area contributed by atoms with Crippen LogP contribution in [0.15, 0.2) is 12.7 Å². The Balaban J connectivity index is 3.11. The quantitative estimate of drug-likeness (QED) is 0.172. The molecular weight excluding hydrogens is 106 g/mol. The molecule has 0 saturated heterocycles. The second-order valence-corrected chi connectivity index (χ2v) is 1.16. The highest BCUT2D eigenvalue weighted by molar-refractivity contribution is 5.75. The first-order valence-electron chi connectivity index (χ1n) is 2.14. The number of guanidine groups is 1. The Kier molecular flexibility index (Phi) is 3.60. The summed E-state index contributed by atoms with van der Waals surface area (Å²) in [6, 6.07) is 0. The second-order valence-electron chi connectivity index (χ2n) is 1.16. The van der Waals surface area contributed by atoms with Gasteiger partial charge in [0.05, 0.1) is 0 Å². The van der Waals surface area contributed by atoms with E-state index in [1.807, 2.05) is 0 Å². The van der Waals surface area contributed by atoms with Gasteiger partial charge >= 0.3 is 0 Å². The summed E-state index contributed by atoms with van der Waals surface area (Å²) in [5, 5.41) is 17.2. The van der Waals surface area contributed by atoms with Crippen molar-refractivity contribution in [1.82, 2.24) is 10.8 Å². The van der Waals surface area contributed by atoms with E-state index in [0.29, 0.717) is 6.54 Å². The number of hydrogen-bond acceptors (Lipinski definition) is 2. The maximum atomic E-state index is 7.99. The summed E-state index contributed by atoms with van der Waals surface area (Å²) in [7, 11) is 0. The predicted molar refractivity (Wildman–Crippen MR) is 30.8 cm³/mol. The van der Waals surface area contributed by atoms with Gasteiger partial charge in [-0.25, -0.2) is 5.48 Å². The van der Waals surface area contributed by atoms with Crippen LogP contribution >= 0.6 is 0 Å². The van der Waals surface area contributed by atoms with Crippen LogP contribution in [0.25, 0.3) is 0 Å². The van der Waals surface area contributed by atoms with Gasteiger partial charge in [0.2, 0.25) is 5.96 Å². The summed E-state index contributed by atoms with van der Waals surface area (Å²) >= 11 is 0. The number of rotatable bonds is 2. The van der Waals surface area contributed by atoms with E-state index < -0.39 is 0 Å². The van der Waals surface area contributed by atoms with E-state index in [4.69, 9.17) is 10.6 Å². The molecular formula is C4H9N3O. The molecule has 4 heteroatoms. The van der Waals surface area contributed by atoms with Gasteiger partial charge in [0.15, 0.2) is 0 Å². The fraction of sp³-hybridized carbons (Fsp3) is 0.250. The molecule has 4 N–H and O–H groups in total. The zero-order valence-electron chi connectivity index (χ0n) is 4.44. The third-order valence-corrected chi connectivity index (χ3v) is 0.535. The molecule has 0 bridgehead atoms. The van der Waals surface area contributed by atoms with E-state index in [0.717, 1.165) is 0 Å². The van der Waals surface area contributed by atoms with Crippen LogP contribution in [0, 0.1) is 5.41 Å². The van der Waals surface area contributed by atoms with Crippen molar-refractivity contribution in [2.24, 2.45) is 0 Å². The van der Waals surface area contributed by atoms with Crippen LogP contribution in [0.4, 0.5) is 0 Å². The zero-order valence-corrected chi connectivity index (χ0v) is 4.44. The molecule has 0 unspecified atom stereocenters. The fourth-order valence-corrected chi connectivity index (χ4v) is 0.214. The monoisotopic (exact) mass is 115 g/mol. The smallest absolute Gasteiger partial charge is 0.212 e. The van der Waals surface area contributed by atoms with Crippen LogP contribution in [-0.4, -0.2) is 17.7 Å². The average Bonchev–Trinajstić information content (AvgIpc) is 1.83. The number of hydroxylamine groups is 1. The lowest BCUT2D eigenvalue weighted by atomic mass is 10.6. The normalized spacial score (nSPS) is 7.62. The van der Waals surface area contributed by atoms with E-state index in [1.54, 1.807) is 11.6 Å². The van der Waals surface area contributed by atoms with Crippen LogP contribution in [-0.2, 0) is 0 Å². The van der Waals surface area contributed by atoms with Gasteiger partial charge in [0.1, 0.15) is 0 Å². The molecule has 0 fully saturated rings. The standard InChI is InChI=1S/C4H9N3O/c1-2-3-6-4(5)7-8/h2,8H,1,3H2,(H3,5,6,7). The first kappa shape index (κ1) is 6.97. The topological polar surface area (TPSA) is 68.1 Å². The van der Waals surface area contributed by atoms with Crippen molar-refractivity contribution in [3.63, 3.8) is 0 Å². The van der Waals surface area contributed by atoms with E-state index in [2.05, 4.69) is 11.9 Å². The lowest BCUT2D eigenvalue weighted by Gasteiger charge is -1.99. The molecule has 46 valence electrons. The van der Waals surface area contributed by atoms with Gasteiger partial charge < -0.3 is 5.32 Å². The summed E-state index contributed by atoms with van der Waals surface area (Å²) in [4.78, 5) is 0. The molecule has 0 aliphatic heterocycles. The van der Waals surface area contributed by atoms with Crippen LogP contribution in [0.2, 0.25) is 0 Å². The first-order valence-corrected chi connectivity index (χ1v) is 2.14.